The standard InChI is InChI=1S/C11H13N3O/c12-14-11(7-9-3-6-15-8-9)10-1-4-13-5-2-10/h1-6,8,11,14H,7,12H2. The van der Waals surface area contributed by atoms with Crippen molar-refractivity contribution in [2.45, 2.75) is 12.5 Å². The fourth-order valence-electron chi connectivity index (χ4n) is 1.51. The third-order valence-electron chi connectivity index (χ3n) is 2.33. The summed E-state index contributed by atoms with van der Waals surface area (Å²) in [6, 6.07) is 5.92. The normalized spacial score (nSPS) is 12.6. The van der Waals surface area contributed by atoms with E-state index in [0.717, 1.165) is 17.5 Å². The van der Waals surface area contributed by atoms with Gasteiger partial charge in [0.2, 0.25) is 0 Å². The van der Waals surface area contributed by atoms with Gasteiger partial charge in [-0.15, -0.1) is 0 Å². The number of rotatable bonds is 4. The topological polar surface area (TPSA) is 64.1 Å². The Kier molecular flexibility index (Phi) is 3.11. The quantitative estimate of drug-likeness (QED) is 0.582. The van der Waals surface area contributed by atoms with Crippen LogP contribution in [0.4, 0.5) is 0 Å². The summed E-state index contributed by atoms with van der Waals surface area (Å²) in [6.45, 7) is 0. The number of aromatic nitrogens is 1. The summed E-state index contributed by atoms with van der Waals surface area (Å²) in [4.78, 5) is 3.97. The zero-order chi connectivity index (χ0) is 10.5. The van der Waals surface area contributed by atoms with Crippen LogP contribution >= 0.6 is 0 Å². The molecule has 4 nitrogen and oxygen atoms in total. The first kappa shape index (κ1) is 9.89. The second-order valence-corrected chi connectivity index (χ2v) is 3.34. The molecule has 0 spiro atoms. The number of nitrogens with zero attached hydrogens (tertiary/aromatic N) is 1. The van der Waals surface area contributed by atoms with E-state index in [0.29, 0.717) is 0 Å². The summed E-state index contributed by atoms with van der Waals surface area (Å²) >= 11 is 0. The van der Waals surface area contributed by atoms with Crippen molar-refractivity contribution in [3.8, 4) is 0 Å². The molecule has 0 fully saturated rings. The van der Waals surface area contributed by atoms with Gasteiger partial charge in [0.1, 0.15) is 0 Å². The molecule has 0 saturated carbocycles. The number of nitrogens with two attached hydrogens (primary N) is 1. The van der Waals surface area contributed by atoms with Crippen LogP contribution in [0, 0.1) is 0 Å². The maximum absolute atomic E-state index is 5.52. The second-order valence-electron chi connectivity index (χ2n) is 3.34. The van der Waals surface area contributed by atoms with Crippen LogP contribution in [0.5, 0.6) is 0 Å². The maximum atomic E-state index is 5.52. The molecule has 2 rings (SSSR count). The van der Waals surface area contributed by atoms with Gasteiger partial charge in [0.15, 0.2) is 0 Å². The molecule has 2 aromatic rings. The number of hydrazine groups is 1. The molecule has 0 amide bonds. The van der Waals surface area contributed by atoms with E-state index in [4.69, 9.17) is 10.3 Å². The van der Waals surface area contributed by atoms with E-state index in [1.54, 1.807) is 24.9 Å². The Labute approximate surface area is 88.1 Å². The molecule has 2 heterocycles. The third-order valence-corrected chi connectivity index (χ3v) is 2.33. The van der Waals surface area contributed by atoms with Crippen molar-refractivity contribution in [3.63, 3.8) is 0 Å². The predicted octanol–water partition coefficient (Wildman–Crippen LogP) is 1.42. The van der Waals surface area contributed by atoms with Crippen LogP contribution < -0.4 is 11.3 Å². The first-order valence-electron chi connectivity index (χ1n) is 4.77. The molecular formula is C11H13N3O. The van der Waals surface area contributed by atoms with Gasteiger partial charge >= 0.3 is 0 Å². The number of furan rings is 1. The molecule has 78 valence electrons. The van der Waals surface area contributed by atoms with Gasteiger partial charge in [-0.05, 0) is 35.7 Å². The average molecular weight is 203 g/mol. The van der Waals surface area contributed by atoms with Gasteiger partial charge in [0, 0.05) is 12.4 Å². The van der Waals surface area contributed by atoms with Crippen LogP contribution in [0.1, 0.15) is 17.2 Å². The minimum Gasteiger partial charge on any atom is -0.472 e. The Morgan fingerprint density at radius 2 is 2.13 bits per heavy atom. The smallest absolute Gasteiger partial charge is 0.0935 e. The molecule has 1 atom stereocenters. The largest absolute Gasteiger partial charge is 0.472 e. The SMILES string of the molecule is NNC(Cc1ccoc1)c1ccncc1. The summed E-state index contributed by atoms with van der Waals surface area (Å²) in [5, 5.41) is 0. The fraction of sp³-hybridized carbons (Fsp3) is 0.182. The van der Waals surface area contributed by atoms with Gasteiger partial charge in [-0.2, -0.15) is 0 Å². The van der Waals surface area contributed by atoms with Gasteiger partial charge < -0.3 is 4.42 Å². The molecule has 0 aliphatic heterocycles. The van der Waals surface area contributed by atoms with E-state index in [1.165, 1.54) is 0 Å². The molecule has 0 aliphatic rings. The summed E-state index contributed by atoms with van der Waals surface area (Å²) in [5.41, 5.74) is 5.03. The van der Waals surface area contributed by atoms with Crippen LogP contribution in [-0.2, 0) is 6.42 Å². The fourth-order valence-corrected chi connectivity index (χ4v) is 1.51. The molecule has 0 aliphatic carbocycles. The molecule has 1 unspecified atom stereocenters. The second kappa shape index (κ2) is 4.72. The lowest BCUT2D eigenvalue weighted by atomic mass is 10.0. The van der Waals surface area contributed by atoms with Crippen molar-refractivity contribution in [1.29, 1.82) is 0 Å². The Bertz CT molecular complexity index is 385. The molecule has 4 heteroatoms. The highest BCUT2D eigenvalue weighted by molar-refractivity contribution is 5.19. The van der Waals surface area contributed by atoms with E-state index in [1.807, 2.05) is 18.2 Å². The molecule has 2 aromatic heterocycles. The summed E-state index contributed by atoms with van der Waals surface area (Å²) in [6.07, 6.45) is 7.71. The zero-order valence-corrected chi connectivity index (χ0v) is 8.26. The lowest BCUT2D eigenvalue weighted by molar-refractivity contribution is 0.535. The first-order valence-corrected chi connectivity index (χ1v) is 4.77. The first-order chi connectivity index (χ1) is 7.40. The zero-order valence-electron chi connectivity index (χ0n) is 8.26. The number of pyridine rings is 1. The molecule has 0 bridgehead atoms. The van der Waals surface area contributed by atoms with Gasteiger partial charge in [0.25, 0.3) is 0 Å². The van der Waals surface area contributed by atoms with Gasteiger partial charge in [0.05, 0.1) is 18.6 Å². The molecular weight excluding hydrogens is 190 g/mol. The number of hydrogen-bond acceptors (Lipinski definition) is 4. The van der Waals surface area contributed by atoms with Crippen LogP contribution in [-0.4, -0.2) is 4.98 Å². The molecule has 0 radical (unpaired) electrons. The maximum Gasteiger partial charge on any atom is 0.0935 e. The highest BCUT2D eigenvalue weighted by Crippen LogP contribution is 2.16. The van der Waals surface area contributed by atoms with E-state index in [-0.39, 0.29) is 6.04 Å². The Balaban J connectivity index is 2.12. The van der Waals surface area contributed by atoms with Gasteiger partial charge in [-0.1, -0.05) is 0 Å². The molecule has 3 N–H and O–H groups in total. The van der Waals surface area contributed by atoms with E-state index >= 15 is 0 Å². The summed E-state index contributed by atoms with van der Waals surface area (Å²) < 4.78 is 5.01. The van der Waals surface area contributed by atoms with Crippen LogP contribution in [0.15, 0.2) is 47.5 Å². The lowest BCUT2D eigenvalue weighted by Gasteiger charge is -2.14. The third kappa shape index (κ3) is 2.43. The number of hydrogen-bond donors (Lipinski definition) is 2. The van der Waals surface area contributed by atoms with Crippen molar-refractivity contribution >= 4 is 0 Å². The molecule has 0 saturated heterocycles. The highest BCUT2D eigenvalue weighted by Gasteiger charge is 2.10. The van der Waals surface area contributed by atoms with E-state index in [2.05, 4.69) is 10.4 Å². The minimum absolute atomic E-state index is 0.0885. The van der Waals surface area contributed by atoms with Gasteiger partial charge in [-0.3, -0.25) is 16.3 Å². The van der Waals surface area contributed by atoms with E-state index < -0.39 is 0 Å². The Morgan fingerprint density at radius 1 is 1.33 bits per heavy atom. The van der Waals surface area contributed by atoms with Crippen molar-refractivity contribution in [2.75, 3.05) is 0 Å². The summed E-state index contributed by atoms with van der Waals surface area (Å²) in [7, 11) is 0. The Morgan fingerprint density at radius 3 is 2.73 bits per heavy atom. The minimum atomic E-state index is 0.0885. The van der Waals surface area contributed by atoms with Crippen molar-refractivity contribution < 1.29 is 4.42 Å². The highest BCUT2D eigenvalue weighted by atomic mass is 16.3. The summed E-state index contributed by atoms with van der Waals surface area (Å²) in [5.74, 6) is 5.52. The van der Waals surface area contributed by atoms with Gasteiger partial charge in [-0.25, -0.2) is 0 Å². The van der Waals surface area contributed by atoms with Crippen LogP contribution in [0.25, 0.3) is 0 Å². The lowest BCUT2D eigenvalue weighted by Crippen LogP contribution is -2.29. The monoisotopic (exact) mass is 203 g/mol. The van der Waals surface area contributed by atoms with Crippen LogP contribution in [0.2, 0.25) is 0 Å². The molecule has 0 aromatic carbocycles. The molecule has 15 heavy (non-hydrogen) atoms. The predicted molar refractivity (Wildman–Crippen MR) is 56.7 cm³/mol. The average Bonchev–Trinajstić information content (AvgIpc) is 2.80. The van der Waals surface area contributed by atoms with Crippen LogP contribution in [0.3, 0.4) is 0 Å². The van der Waals surface area contributed by atoms with Crippen molar-refractivity contribution in [2.24, 2.45) is 5.84 Å². The van der Waals surface area contributed by atoms with E-state index in [9.17, 15) is 0 Å². The Hall–Kier alpha value is -1.65. The number of nitrogens with one attached hydrogen (secondary N) is 1. The van der Waals surface area contributed by atoms with Crippen molar-refractivity contribution in [1.82, 2.24) is 10.4 Å². The van der Waals surface area contributed by atoms with Crippen molar-refractivity contribution in [3.05, 3.63) is 54.2 Å².